The number of carbonyl (C=O) groups excluding carboxylic acids is 1. The van der Waals surface area contributed by atoms with Gasteiger partial charge in [0.15, 0.2) is 0 Å². The van der Waals surface area contributed by atoms with Gasteiger partial charge in [0.1, 0.15) is 0 Å². The molecule has 7 heteroatoms. The maximum absolute atomic E-state index is 12.2. The van der Waals surface area contributed by atoms with Gasteiger partial charge in [0.2, 0.25) is 0 Å². The molecule has 118 valence electrons. The van der Waals surface area contributed by atoms with Crippen LogP contribution in [0.3, 0.4) is 0 Å². The maximum Gasteiger partial charge on any atom is 0.261 e. The number of hydrogen-bond acceptors (Lipinski definition) is 3. The predicted octanol–water partition coefficient (Wildman–Crippen LogP) is 3.88. The number of amides is 1. The number of halogens is 2. The molecule has 1 unspecified atom stereocenters. The molecular formula is C14H19Cl2NO3S. The second-order valence-corrected chi connectivity index (χ2v) is 7.83. The predicted molar refractivity (Wildman–Crippen MR) is 85.7 cm³/mol. The molecule has 1 atom stereocenters. The third-order valence-electron chi connectivity index (χ3n) is 3.29. The summed E-state index contributed by atoms with van der Waals surface area (Å²) in [4.78, 5) is 12.1. The molecule has 0 aliphatic carbocycles. The van der Waals surface area contributed by atoms with Crippen molar-refractivity contribution in [2.45, 2.75) is 51.0 Å². The first-order valence-corrected chi connectivity index (χ1v) is 9.45. The summed E-state index contributed by atoms with van der Waals surface area (Å²) in [6.07, 6.45) is 2.62. The SMILES string of the molecule is CCCC(CC)NC(=O)c1cc(Cl)c(C)c(S(=O)(=O)Cl)c1. The third kappa shape index (κ3) is 4.87. The highest BCUT2D eigenvalue weighted by molar-refractivity contribution is 8.13. The molecule has 0 radical (unpaired) electrons. The topological polar surface area (TPSA) is 63.2 Å². The molecule has 1 aromatic rings. The Balaban J connectivity index is 3.14. The van der Waals surface area contributed by atoms with E-state index in [4.69, 9.17) is 22.3 Å². The summed E-state index contributed by atoms with van der Waals surface area (Å²) < 4.78 is 23.1. The standard InChI is InChI=1S/C14H19Cl2NO3S/c1-4-6-11(5-2)17-14(18)10-7-12(15)9(3)13(8-10)21(16,19)20/h7-8,11H,4-6H2,1-3H3,(H,17,18). The lowest BCUT2D eigenvalue weighted by Gasteiger charge is -2.17. The van der Waals surface area contributed by atoms with Crippen LogP contribution in [0.25, 0.3) is 0 Å². The summed E-state index contributed by atoms with van der Waals surface area (Å²) in [7, 11) is 1.43. The minimum atomic E-state index is -3.95. The Morgan fingerprint density at radius 1 is 1.33 bits per heavy atom. The van der Waals surface area contributed by atoms with Gasteiger partial charge in [0, 0.05) is 27.3 Å². The molecule has 0 aliphatic rings. The van der Waals surface area contributed by atoms with E-state index in [0.29, 0.717) is 5.56 Å². The largest absolute Gasteiger partial charge is 0.349 e. The fourth-order valence-electron chi connectivity index (χ4n) is 2.03. The van der Waals surface area contributed by atoms with Gasteiger partial charge in [-0.2, -0.15) is 0 Å². The van der Waals surface area contributed by atoms with Crippen molar-refractivity contribution in [3.63, 3.8) is 0 Å². The summed E-state index contributed by atoms with van der Waals surface area (Å²) in [5.74, 6) is -0.348. The first kappa shape index (κ1) is 18.3. The molecule has 0 bridgehead atoms. The number of carbonyl (C=O) groups is 1. The lowest BCUT2D eigenvalue weighted by Crippen LogP contribution is -2.34. The molecule has 1 rings (SSSR count). The summed E-state index contributed by atoms with van der Waals surface area (Å²) in [6, 6.07) is 2.77. The van der Waals surface area contributed by atoms with Gasteiger partial charge in [-0.3, -0.25) is 4.79 Å². The van der Waals surface area contributed by atoms with E-state index < -0.39 is 9.05 Å². The lowest BCUT2D eigenvalue weighted by atomic mass is 10.1. The van der Waals surface area contributed by atoms with Crippen LogP contribution in [0.2, 0.25) is 5.02 Å². The van der Waals surface area contributed by atoms with Crippen molar-refractivity contribution in [3.05, 3.63) is 28.3 Å². The molecule has 21 heavy (non-hydrogen) atoms. The van der Waals surface area contributed by atoms with Gasteiger partial charge in [-0.25, -0.2) is 8.42 Å². The zero-order valence-corrected chi connectivity index (χ0v) is 14.6. The highest BCUT2D eigenvalue weighted by Gasteiger charge is 2.20. The van der Waals surface area contributed by atoms with Crippen LogP contribution in [0.4, 0.5) is 0 Å². The van der Waals surface area contributed by atoms with Crippen molar-refractivity contribution >= 4 is 37.2 Å². The van der Waals surface area contributed by atoms with Gasteiger partial charge in [0.25, 0.3) is 15.0 Å². The van der Waals surface area contributed by atoms with E-state index in [0.717, 1.165) is 19.3 Å². The number of nitrogens with one attached hydrogen (secondary N) is 1. The summed E-state index contributed by atoms with van der Waals surface area (Å²) in [6.45, 7) is 5.57. The quantitative estimate of drug-likeness (QED) is 0.790. The molecule has 0 spiro atoms. The Morgan fingerprint density at radius 2 is 1.95 bits per heavy atom. The van der Waals surface area contributed by atoms with Gasteiger partial charge < -0.3 is 5.32 Å². The molecule has 0 aromatic heterocycles. The number of rotatable bonds is 6. The minimum absolute atomic E-state index is 0.0543. The molecule has 1 N–H and O–H groups in total. The van der Waals surface area contributed by atoms with Crippen molar-refractivity contribution in [2.24, 2.45) is 0 Å². The van der Waals surface area contributed by atoms with Crippen LogP contribution in [0.1, 0.15) is 49.0 Å². The van der Waals surface area contributed by atoms with Gasteiger partial charge in [-0.05, 0) is 37.5 Å². The van der Waals surface area contributed by atoms with Gasteiger partial charge in [-0.15, -0.1) is 0 Å². The highest BCUT2D eigenvalue weighted by atomic mass is 35.7. The molecule has 0 saturated carbocycles. The molecule has 0 saturated heterocycles. The molecular weight excluding hydrogens is 333 g/mol. The Kier molecular flexibility index (Phi) is 6.50. The van der Waals surface area contributed by atoms with E-state index in [1.165, 1.54) is 12.1 Å². The van der Waals surface area contributed by atoms with Gasteiger partial charge >= 0.3 is 0 Å². The minimum Gasteiger partial charge on any atom is -0.349 e. The van der Waals surface area contributed by atoms with Crippen molar-refractivity contribution in [2.75, 3.05) is 0 Å². The smallest absolute Gasteiger partial charge is 0.261 e. The summed E-state index contributed by atoms with van der Waals surface area (Å²) >= 11 is 6.00. The Morgan fingerprint density at radius 3 is 2.43 bits per heavy atom. The lowest BCUT2D eigenvalue weighted by molar-refractivity contribution is 0.0933. The molecule has 1 aromatic carbocycles. The molecule has 1 amide bonds. The van der Waals surface area contributed by atoms with Crippen LogP contribution in [0.5, 0.6) is 0 Å². The monoisotopic (exact) mass is 351 g/mol. The Bertz CT molecular complexity index is 629. The summed E-state index contributed by atoms with van der Waals surface area (Å²) in [5.41, 5.74) is 0.531. The fourth-order valence-corrected chi connectivity index (χ4v) is 3.53. The zero-order valence-electron chi connectivity index (χ0n) is 12.2. The average Bonchev–Trinajstić information content (AvgIpc) is 2.39. The zero-order chi connectivity index (χ0) is 16.2. The third-order valence-corrected chi connectivity index (χ3v) is 5.13. The van der Waals surface area contributed by atoms with E-state index in [9.17, 15) is 13.2 Å². The van der Waals surface area contributed by atoms with Crippen molar-refractivity contribution in [1.82, 2.24) is 5.32 Å². The fraction of sp³-hybridized carbons (Fsp3) is 0.500. The first-order valence-electron chi connectivity index (χ1n) is 6.76. The van der Waals surface area contributed by atoms with E-state index in [1.807, 2.05) is 13.8 Å². The maximum atomic E-state index is 12.2. The second kappa shape index (κ2) is 7.47. The van der Waals surface area contributed by atoms with Crippen molar-refractivity contribution in [3.8, 4) is 0 Å². The van der Waals surface area contributed by atoms with Crippen LogP contribution in [-0.2, 0) is 9.05 Å². The van der Waals surface area contributed by atoms with Gasteiger partial charge in [-0.1, -0.05) is 31.9 Å². The van der Waals surface area contributed by atoms with Crippen molar-refractivity contribution < 1.29 is 13.2 Å². The Labute approximate surface area is 135 Å². The van der Waals surface area contributed by atoms with E-state index in [1.54, 1.807) is 6.92 Å². The first-order chi connectivity index (χ1) is 9.70. The molecule has 0 aliphatic heterocycles. The van der Waals surface area contributed by atoms with Crippen LogP contribution >= 0.6 is 22.3 Å². The van der Waals surface area contributed by atoms with Crippen molar-refractivity contribution in [1.29, 1.82) is 0 Å². The van der Waals surface area contributed by atoms with Gasteiger partial charge in [0.05, 0.1) is 4.90 Å². The number of hydrogen-bond donors (Lipinski definition) is 1. The molecule has 0 heterocycles. The highest BCUT2D eigenvalue weighted by Crippen LogP contribution is 2.27. The summed E-state index contributed by atoms with van der Waals surface area (Å²) in [5, 5.41) is 3.07. The number of benzene rings is 1. The van der Waals surface area contributed by atoms with E-state index in [2.05, 4.69) is 5.32 Å². The van der Waals surface area contributed by atoms with Crippen LogP contribution in [0.15, 0.2) is 17.0 Å². The molecule has 0 fully saturated rings. The average molecular weight is 352 g/mol. The van der Waals surface area contributed by atoms with E-state index >= 15 is 0 Å². The Hall–Kier alpha value is -0.780. The molecule has 4 nitrogen and oxygen atoms in total. The van der Waals surface area contributed by atoms with E-state index in [-0.39, 0.29) is 27.4 Å². The van der Waals surface area contributed by atoms with Crippen LogP contribution in [0, 0.1) is 6.92 Å². The normalized spacial score (nSPS) is 13.0. The van der Waals surface area contributed by atoms with Crippen LogP contribution in [-0.4, -0.2) is 20.4 Å². The van der Waals surface area contributed by atoms with Crippen LogP contribution < -0.4 is 5.32 Å². The second-order valence-electron chi connectivity index (χ2n) is 4.89.